The van der Waals surface area contributed by atoms with Crippen LogP contribution in [0.2, 0.25) is 0 Å². The number of rotatable bonds is 5. The van der Waals surface area contributed by atoms with E-state index in [4.69, 9.17) is 9.37 Å². The van der Waals surface area contributed by atoms with E-state index in [1.165, 1.54) is 5.56 Å². The second kappa shape index (κ2) is 7.61. The van der Waals surface area contributed by atoms with Crippen LogP contribution in [0.25, 0.3) is 11.3 Å². The van der Waals surface area contributed by atoms with Gasteiger partial charge in [0.05, 0.1) is 0 Å². The molecular formula is C21H23N3O3. The number of hydrogen-bond acceptors (Lipinski definition) is 5. The third kappa shape index (κ3) is 4.00. The van der Waals surface area contributed by atoms with Crippen LogP contribution in [0, 0.1) is 27.7 Å². The van der Waals surface area contributed by atoms with E-state index in [0.717, 1.165) is 22.3 Å². The molecule has 1 amide bonds. The maximum absolute atomic E-state index is 12.6. The van der Waals surface area contributed by atoms with Gasteiger partial charge in [0, 0.05) is 5.56 Å². The second-order valence-corrected chi connectivity index (χ2v) is 6.71. The molecule has 0 bridgehead atoms. The first-order chi connectivity index (χ1) is 12.9. The molecule has 0 radical (unpaired) electrons. The third-order valence-electron chi connectivity index (χ3n) is 4.74. The van der Waals surface area contributed by atoms with Gasteiger partial charge in [0.2, 0.25) is 5.82 Å². The Morgan fingerprint density at radius 1 is 1.04 bits per heavy atom. The molecule has 1 atom stereocenters. The fourth-order valence-corrected chi connectivity index (χ4v) is 2.66. The van der Waals surface area contributed by atoms with Crippen molar-refractivity contribution in [2.24, 2.45) is 0 Å². The van der Waals surface area contributed by atoms with Crippen molar-refractivity contribution in [1.29, 1.82) is 0 Å². The van der Waals surface area contributed by atoms with Gasteiger partial charge in [-0.25, -0.2) is 4.63 Å². The molecule has 3 aromatic rings. The zero-order chi connectivity index (χ0) is 19.6. The van der Waals surface area contributed by atoms with E-state index in [1.54, 1.807) is 6.92 Å². The molecule has 0 saturated heterocycles. The Morgan fingerprint density at radius 2 is 1.81 bits per heavy atom. The molecule has 3 rings (SSSR count). The zero-order valence-corrected chi connectivity index (χ0v) is 16.2. The minimum absolute atomic E-state index is 0.277. The summed E-state index contributed by atoms with van der Waals surface area (Å²) >= 11 is 0. The van der Waals surface area contributed by atoms with Crippen LogP contribution in [0.5, 0.6) is 5.75 Å². The number of benzene rings is 2. The molecular weight excluding hydrogens is 342 g/mol. The van der Waals surface area contributed by atoms with Crippen molar-refractivity contribution in [3.8, 4) is 17.0 Å². The first-order valence-electron chi connectivity index (χ1n) is 8.80. The summed E-state index contributed by atoms with van der Waals surface area (Å²) in [5.74, 6) is 0.640. The van der Waals surface area contributed by atoms with Gasteiger partial charge in [0.15, 0.2) is 11.8 Å². The molecule has 6 heteroatoms. The average molecular weight is 365 g/mol. The number of anilines is 1. The van der Waals surface area contributed by atoms with Crippen molar-refractivity contribution in [3.63, 3.8) is 0 Å². The lowest BCUT2D eigenvalue weighted by Crippen LogP contribution is -2.30. The molecule has 1 heterocycles. The largest absolute Gasteiger partial charge is 0.481 e. The Labute approximate surface area is 158 Å². The lowest BCUT2D eigenvalue weighted by atomic mass is 10.0. The number of ether oxygens (including phenoxy) is 1. The minimum Gasteiger partial charge on any atom is -0.481 e. The number of aryl methyl sites for hydroxylation is 3. The van der Waals surface area contributed by atoms with Crippen LogP contribution in [0.15, 0.2) is 41.0 Å². The summed E-state index contributed by atoms with van der Waals surface area (Å²) < 4.78 is 10.7. The van der Waals surface area contributed by atoms with Gasteiger partial charge >= 0.3 is 0 Å². The fourth-order valence-electron chi connectivity index (χ4n) is 2.66. The van der Waals surface area contributed by atoms with E-state index in [2.05, 4.69) is 15.6 Å². The topological polar surface area (TPSA) is 77.3 Å². The maximum atomic E-state index is 12.6. The molecule has 0 aliphatic rings. The second-order valence-electron chi connectivity index (χ2n) is 6.71. The molecule has 140 valence electrons. The van der Waals surface area contributed by atoms with Gasteiger partial charge in [-0.2, -0.15) is 0 Å². The minimum atomic E-state index is -0.699. The highest BCUT2D eigenvalue weighted by atomic mass is 16.6. The lowest BCUT2D eigenvalue weighted by molar-refractivity contribution is -0.122. The zero-order valence-electron chi connectivity index (χ0n) is 16.2. The normalized spacial score (nSPS) is 11.9. The number of amides is 1. The summed E-state index contributed by atoms with van der Waals surface area (Å²) in [6, 6.07) is 11.7. The van der Waals surface area contributed by atoms with Gasteiger partial charge < -0.3 is 10.1 Å². The van der Waals surface area contributed by atoms with E-state index < -0.39 is 6.10 Å². The number of nitrogens with zero attached hydrogens (tertiary/aromatic N) is 2. The highest BCUT2D eigenvalue weighted by Gasteiger charge is 2.21. The standard InChI is InChI=1S/C21H23N3O3/c1-12-9-10-17(11-14(12)3)19-20(24-27-23-19)22-21(25)16(5)26-18-8-6-7-13(2)15(18)4/h6-11,16H,1-5H3,(H,22,24,25)/t16-/m1/s1. The molecule has 1 aromatic heterocycles. The number of nitrogens with one attached hydrogen (secondary N) is 1. The average Bonchev–Trinajstić information content (AvgIpc) is 3.09. The number of carbonyl (C=O) groups is 1. The molecule has 6 nitrogen and oxygen atoms in total. The SMILES string of the molecule is Cc1ccc(-c2nonc2NC(=O)[C@@H](C)Oc2cccc(C)c2C)cc1C. The van der Waals surface area contributed by atoms with E-state index in [1.807, 2.05) is 64.1 Å². The summed E-state index contributed by atoms with van der Waals surface area (Å²) in [6.45, 7) is 9.72. The predicted octanol–water partition coefficient (Wildman–Crippen LogP) is 4.38. The van der Waals surface area contributed by atoms with Gasteiger partial charge in [0.25, 0.3) is 5.91 Å². The Morgan fingerprint density at radius 3 is 2.56 bits per heavy atom. The number of aromatic nitrogens is 2. The highest BCUT2D eigenvalue weighted by Crippen LogP contribution is 2.27. The van der Waals surface area contributed by atoms with Crippen LogP contribution in [0.3, 0.4) is 0 Å². The van der Waals surface area contributed by atoms with E-state index in [9.17, 15) is 4.79 Å². The molecule has 0 unspecified atom stereocenters. The quantitative estimate of drug-likeness (QED) is 0.726. The third-order valence-corrected chi connectivity index (χ3v) is 4.74. The van der Waals surface area contributed by atoms with E-state index in [-0.39, 0.29) is 11.7 Å². The van der Waals surface area contributed by atoms with Crippen LogP contribution in [0.4, 0.5) is 5.82 Å². The lowest BCUT2D eigenvalue weighted by Gasteiger charge is -2.16. The van der Waals surface area contributed by atoms with Crippen LogP contribution >= 0.6 is 0 Å². The van der Waals surface area contributed by atoms with Gasteiger partial charge in [0.1, 0.15) is 5.75 Å². The van der Waals surface area contributed by atoms with Gasteiger partial charge in [-0.15, -0.1) is 0 Å². The van der Waals surface area contributed by atoms with Crippen LogP contribution < -0.4 is 10.1 Å². The molecule has 0 saturated carbocycles. The Kier molecular flexibility index (Phi) is 5.26. The molecule has 1 N–H and O–H groups in total. The summed E-state index contributed by atoms with van der Waals surface area (Å²) in [5.41, 5.74) is 5.74. The van der Waals surface area contributed by atoms with Crippen molar-refractivity contribution in [2.45, 2.75) is 40.7 Å². The van der Waals surface area contributed by atoms with Crippen molar-refractivity contribution < 1.29 is 14.2 Å². The van der Waals surface area contributed by atoms with Crippen molar-refractivity contribution >= 4 is 11.7 Å². The molecule has 0 aliphatic carbocycles. The van der Waals surface area contributed by atoms with Crippen LogP contribution in [-0.4, -0.2) is 22.3 Å². The summed E-state index contributed by atoms with van der Waals surface area (Å²) in [7, 11) is 0. The fraction of sp³-hybridized carbons (Fsp3) is 0.286. The smallest absolute Gasteiger partial charge is 0.266 e. The Bertz CT molecular complexity index is 979. The van der Waals surface area contributed by atoms with Crippen LogP contribution in [-0.2, 0) is 4.79 Å². The Balaban J connectivity index is 1.76. The summed E-state index contributed by atoms with van der Waals surface area (Å²) in [6.07, 6.45) is -0.699. The van der Waals surface area contributed by atoms with Crippen molar-refractivity contribution in [2.75, 3.05) is 5.32 Å². The van der Waals surface area contributed by atoms with Gasteiger partial charge in [-0.05, 0) is 79.3 Å². The molecule has 27 heavy (non-hydrogen) atoms. The van der Waals surface area contributed by atoms with Gasteiger partial charge in [-0.1, -0.05) is 24.3 Å². The Hall–Kier alpha value is -3.15. The number of carbonyl (C=O) groups excluding carboxylic acids is 1. The molecule has 0 fully saturated rings. The monoisotopic (exact) mass is 365 g/mol. The van der Waals surface area contributed by atoms with Gasteiger partial charge in [-0.3, -0.25) is 4.79 Å². The van der Waals surface area contributed by atoms with Crippen molar-refractivity contribution in [3.05, 3.63) is 58.7 Å². The first kappa shape index (κ1) is 18.6. The maximum Gasteiger partial charge on any atom is 0.266 e. The highest BCUT2D eigenvalue weighted by molar-refractivity contribution is 5.96. The van der Waals surface area contributed by atoms with Crippen LogP contribution in [0.1, 0.15) is 29.2 Å². The number of hydrogen-bond donors (Lipinski definition) is 1. The molecule has 0 aliphatic heterocycles. The molecule has 0 spiro atoms. The molecule has 2 aromatic carbocycles. The van der Waals surface area contributed by atoms with E-state index >= 15 is 0 Å². The summed E-state index contributed by atoms with van der Waals surface area (Å²) in [4.78, 5) is 12.6. The van der Waals surface area contributed by atoms with E-state index in [0.29, 0.717) is 11.4 Å². The first-order valence-corrected chi connectivity index (χ1v) is 8.80. The predicted molar refractivity (Wildman–Crippen MR) is 104 cm³/mol. The van der Waals surface area contributed by atoms with Crippen molar-refractivity contribution in [1.82, 2.24) is 10.3 Å². The summed E-state index contributed by atoms with van der Waals surface area (Å²) in [5, 5.41) is 10.5.